The number of nitrogens with zero attached hydrogens (tertiary/aromatic N) is 2. The van der Waals surface area contributed by atoms with Gasteiger partial charge in [-0.3, -0.25) is 9.80 Å². The Bertz CT molecular complexity index is 203. The fourth-order valence-corrected chi connectivity index (χ4v) is 3.24. The maximum Gasteiger partial charge on any atom is 0.0223 e. The minimum absolute atomic E-state index is 0.609. The standard InChI is InChI=1S/C12H25N3/c1-3-10(8-13)15-7-6-11-4-5-12(9-15)14(11)2/h10-12H,3-9,13H2,1-2H3. The summed E-state index contributed by atoms with van der Waals surface area (Å²) in [6.45, 7) is 5.56. The van der Waals surface area contributed by atoms with E-state index in [9.17, 15) is 0 Å². The van der Waals surface area contributed by atoms with Crippen molar-refractivity contribution in [1.82, 2.24) is 9.80 Å². The second-order valence-corrected chi connectivity index (χ2v) is 5.13. The van der Waals surface area contributed by atoms with Crippen molar-refractivity contribution in [1.29, 1.82) is 0 Å². The van der Waals surface area contributed by atoms with Gasteiger partial charge in [-0.1, -0.05) is 6.92 Å². The Morgan fingerprint density at radius 1 is 1.27 bits per heavy atom. The lowest BCUT2D eigenvalue weighted by atomic mass is 10.1. The number of fused-ring (bicyclic) bond motifs is 2. The molecule has 0 saturated carbocycles. The number of hydrogen-bond donors (Lipinski definition) is 1. The molecule has 2 rings (SSSR count). The molecule has 3 nitrogen and oxygen atoms in total. The molecule has 2 bridgehead atoms. The number of nitrogens with two attached hydrogens (primary N) is 1. The van der Waals surface area contributed by atoms with Gasteiger partial charge in [0.2, 0.25) is 0 Å². The first-order valence-electron chi connectivity index (χ1n) is 6.42. The van der Waals surface area contributed by atoms with Crippen LogP contribution >= 0.6 is 0 Å². The summed E-state index contributed by atoms with van der Waals surface area (Å²) < 4.78 is 0. The van der Waals surface area contributed by atoms with Crippen LogP contribution in [0.3, 0.4) is 0 Å². The maximum atomic E-state index is 5.84. The van der Waals surface area contributed by atoms with E-state index in [-0.39, 0.29) is 0 Å². The van der Waals surface area contributed by atoms with Crippen molar-refractivity contribution in [2.45, 2.75) is 50.7 Å². The Balaban J connectivity index is 1.99. The van der Waals surface area contributed by atoms with E-state index in [0.29, 0.717) is 6.04 Å². The Kier molecular flexibility index (Phi) is 3.65. The molecule has 3 atom stereocenters. The largest absolute Gasteiger partial charge is 0.329 e. The van der Waals surface area contributed by atoms with Gasteiger partial charge in [-0.15, -0.1) is 0 Å². The van der Waals surface area contributed by atoms with E-state index >= 15 is 0 Å². The summed E-state index contributed by atoms with van der Waals surface area (Å²) in [5, 5.41) is 0. The smallest absolute Gasteiger partial charge is 0.0223 e. The van der Waals surface area contributed by atoms with Gasteiger partial charge in [-0.2, -0.15) is 0 Å². The van der Waals surface area contributed by atoms with Crippen molar-refractivity contribution in [3.8, 4) is 0 Å². The summed E-state index contributed by atoms with van der Waals surface area (Å²) in [7, 11) is 2.30. The molecule has 2 aliphatic heterocycles. The van der Waals surface area contributed by atoms with Gasteiger partial charge >= 0.3 is 0 Å². The van der Waals surface area contributed by atoms with Crippen LogP contribution in [0.2, 0.25) is 0 Å². The van der Waals surface area contributed by atoms with Crippen molar-refractivity contribution >= 4 is 0 Å². The SMILES string of the molecule is CCC(CN)N1CCC2CCC(C1)N2C. The molecule has 2 aliphatic rings. The average Bonchev–Trinajstić information content (AvgIpc) is 2.46. The third kappa shape index (κ3) is 2.19. The Hall–Kier alpha value is -0.120. The molecule has 0 spiro atoms. The van der Waals surface area contributed by atoms with Crippen LogP contribution in [-0.2, 0) is 0 Å². The van der Waals surface area contributed by atoms with Crippen molar-refractivity contribution in [3.63, 3.8) is 0 Å². The summed E-state index contributed by atoms with van der Waals surface area (Å²) in [4.78, 5) is 5.23. The van der Waals surface area contributed by atoms with E-state index in [4.69, 9.17) is 5.73 Å². The quantitative estimate of drug-likeness (QED) is 0.752. The van der Waals surface area contributed by atoms with Crippen molar-refractivity contribution in [2.24, 2.45) is 5.73 Å². The Morgan fingerprint density at radius 3 is 2.67 bits per heavy atom. The first kappa shape index (κ1) is 11.4. The number of rotatable bonds is 3. The minimum atomic E-state index is 0.609. The van der Waals surface area contributed by atoms with Crippen LogP contribution in [0.25, 0.3) is 0 Å². The summed E-state index contributed by atoms with van der Waals surface area (Å²) in [6, 6.07) is 2.24. The molecular weight excluding hydrogens is 186 g/mol. The van der Waals surface area contributed by atoms with Crippen LogP contribution in [0.15, 0.2) is 0 Å². The van der Waals surface area contributed by atoms with Crippen LogP contribution in [0, 0.1) is 0 Å². The highest BCUT2D eigenvalue weighted by molar-refractivity contribution is 4.92. The van der Waals surface area contributed by atoms with Crippen molar-refractivity contribution in [2.75, 3.05) is 26.7 Å². The highest BCUT2D eigenvalue weighted by Gasteiger charge is 2.35. The second-order valence-electron chi connectivity index (χ2n) is 5.13. The Morgan fingerprint density at radius 2 is 2.00 bits per heavy atom. The predicted molar refractivity (Wildman–Crippen MR) is 63.9 cm³/mol. The molecule has 3 unspecified atom stereocenters. The van der Waals surface area contributed by atoms with E-state index < -0.39 is 0 Å². The van der Waals surface area contributed by atoms with Crippen LogP contribution in [-0.4, -0.2) is 54.6 Å². The monoisotopic (exact) mass is 211 g/mol. The van der Waals surface area contributed by atoms with Crippen molar-refractivity contribution in [3.05, 3.63) is 0 Å². The Labute approximate surface area is 93.6 Å². The first-order valence-corrected chi connectivity index (χ1v) is 6.42. The third-order valence-corrected chi connectivity index (χ3v) is 4.44. The lowest BCUT2D eigenvalue weighted by Gasteiger charge is -2.31. The molecule has 2 fully saturated rings. The van der Waals surface area contributed by atoms with Gasteiger partial charge in [0, 0.05) is 37.8 Å². The van der Waals surface area contributed by atoms with Crippen LogP contribution in [0.5, 0.6) is 0 Å². The van der Waals surface area contributed by atoms with Gasteiger partial charge in [0.1, 0.15) is 0 Å². The first-order chi connectivity index (χ1) is 7.26. The third-order valence-electron chi connectivity index (χ3n) is 4.44. The topological polar surface area (TPSA) is 32.5 Å². The zero-order chi connectivity index (χ0) is 10.8. The van der Waals surface area contributed by atoms with Gasteiger partial charge in [0.25, 0.3) is 0 Å². The van der Waals surface area contributed by atoms with E-state index in [1.165, 1.54) is 38.8 Å². The minimum Gasteiger partial charge on any atom is -0.329 e. The van der Waals surface area contributed by atoms with Crippen LogP contribution < -0.4 is 5.73 Å². The van der Waals surface area contributed by atoms with Gasteiger partial charge in [0.05, 0.1) is 0 Å². The van der Waals surface area contributed by atoms with Crippen LogP contribution in [0.1, 0.15) is 32.6 Å². The zero-order valence-corrected chi connectivity index (χ0v) is 10.2. The van der Waals surface area contributed by atoms with E-state index in [2.05, 4.69) is 23.8 Å². The molecule has 0 aromatic rings. The highest BCUT2D eigenvalue weighted by atomic mass is 15.3. The molecule has 0 amide bonds. The molecule has 15 heavy (non-hydrogen) atoms. The molecule has 0 aliphatic carbocycles. The molecule has 2 saturated heterocycles. The molecule has 2 N–H and O–H groups in total. The van der Waals surface area contributed by atoms with Crippen molar-refractivity contribution < 1.29 is 0 Å². The van der Waals surface area contributed by atoms with Gasteiger partial charge in [0.15, 0.2) is 0 Å². The lowest BCUT2D eigenvalue weighted by Crippen LogP contribution is -2.45. The highest BCUT2D eigenvalue weighted by Crippen LogP contribution is 2.29. The summed E-state index contributed by atoms with van der Waals surface area (Å²) in [5.41, 5.74) is 5.84. The van der Waals surface area contributed by atoms with E-state index in [0.717, 1.165) is 18.6 Å². The maximum absolute atomic E-state index is 5.84. The second kappa shape index (κ2) is 4.81. The lowest BCUT2D eigenvalue weighted by molar-refractivity contribution is 0.171. The summed E-state index contributed by atoms with van der Waals surface area (Å²) >= 11 is 0. The molecule has 0 radical (unpaired) electrons. The fraction of sp³-hybridized carbons (Fsp3) is 1.00. The number of likely N-dealkylation sites (tertiary alicyclic amines) is 1. The molecule has 2 heterocycles. The van der Waals surface area contributed by atoms with Gasteiger partial charge in [-0.25, -0.2) is 0 Å². The molecule has 0 aromatic heterocycles. The number of hydrogen-bond acceptors (Lipinski definition) is 3. The molecule has 0 aromatic carbocycles. The zero-order valence-electron chi connectivity index (χ0n) is 10.2. The van der Waals surface area contributed by atoms with E-state index in [1.807, 2.05) is 0 Å². The molecule has 88 valence electrons. The summed E-state index contributed by atoms with van der Waals surface area (Å²) in [5.74, 6) is 0. The van der Waals surface area contributed by atoms with Gasteiger partial charge in [-0.05, 0) is 32.7 Å². The molecular formula is C12H25N3. The predicted octanol–water partition coefficient (Wildman–Crippen LogP) is 0.892. The van der Waals surface area contributed by atoms with Gasteiger partial charge < -0.3 is 5.73 Å². The van der Waals surface area contributed by atoms with Crippen LogP contribution in [0.4, 0.5) is 0 Å². The molecule has 3 heteroatoms. The average molecular weight is 211 g/mol. The fourth-order valence-electron chi connectivity index (χ4n) is 3.24. The summed E-state index contributed by atoms with van der Waals surface area (Å²) in [6.07, 6.45) is 5.33. The number of likely N-dealkylation sites (N-methyl/N-ethyl adjacent to an activating group) is 1. The normalized spacial score (nSPS) is 35.4. The van der Waals surface area contributed by atoms with E-state index in [1.54, 1.807) is 0 Å².